The van der Waals surface area contributed by atoms with Crippen molar-refractivity contribution >= 4 is 57.0 Å². The van der Waals surface area contributed by atoms with Gasteiger partial charge in [-0.1, -0.05) is 29.3 Å². The fourth-order valence-corrected chi connectivity index (χ4v) is 5.53. The molecule has 0 bridgehead atoms. The van der Waals surface area contributed by atoms with Gasteiger partial charge in [0.25, 0.3) is 11.8 Å². The molecule has 4 rings (SSSR count). The summed E-state index contributed by atoms with van der Waals surface area (Å²) in [5, 5.41) is 7.22. The Morgan fingerprint density at radius 1 is 0.903 bits per heavy atom. The maximum Gasteiger partial charge on any atom is 0.258 e. The fourth-order valence-electron chi connectivity index (χ4n) is 3.75. The van der Waals surface area contributed by atoms with Crippen molar-refractivity contribution in [1.29, 1.82) is 0 Å². The summed E-state index contributed by atoms with van der Waals surface area (Å²) >= 11 is 13.6. The average molecular weight is 473 g/mol. The van der Waals surface area contributed by atoms with E-state index in [2.05, 4.69) is 10.6 Å². The predicted octanol–water partition coefficient (Wildman–Crippen LogP) is 7.06. The molecule has 0 unspecified atom stereocenters. The molecule has 1 aliphatic rings. The molecule has 3 aromatic rings. The minimum atomic E-state index is -0.361. The number of benzene rings is 2. The Balaban J connectivity index is 1.66. The van der Waals surface area contributed by atoms with Gasteiger partial charge in [-0.25, -0.2) is 0 Å². The number of amides is 2. The minimum absolute atomic E-state index is 0.208. The van der Waals surface area contributed by atoms with Crippen LogP contribution in [0.3, 0.4) is 0 Å². The lowest BCUT2D eigenvalue weighted by Crippen LogP contribution is -2.19. The van der Waals surface area contributed by atoms with Crippen LogP contribution in [0.15, 0.2) is 36.4 Å². The second-order valence-corrected chi connectivity index (χ2v) is 9.70. The maximum absolute atomic E-state index is 13.3. The topological polar surface area (TPSA) is 58.2 Å². The summed E-state index contributed by atoms with van der Waals surface area (Å²) < 4.78 is 0. The monoisotopic (exact) mass is 472 g/mol. The van der Waals surface area contributed by atoms with Crippen molar-refractivity contribution in [2.75, 3.05) is 10.6 Å². The molecule has 1 heterocycles. The van der Waals surface area contributed by atoms with Gasteiger partial charge < -0.3 is 10.6 Å². The molecule has 4 nitrogen and oxygen atoms in total. The number of thiophene rings is 1. The highest BCUT2D eigenvalue weighted by atomic mass is 35.5. The molecule has 160 valence electrons. The highest BCUT2D eigenvalue weighted by molar-refractivity contribution is 7.17. The molecular weight excluding hydrogens is 451 g/mol. The Morgan fingerprint density at radius 2 is 1.68 bits per heavy atom. The number of halogens is 2. The van der Waals surface area contributed by atoms with E-state index in [1.54, 1.807) is 12.1 Å². The van der Waals surface area contributed by atoms with Gasteiger partial charge in [-0.15, -0.1) is 11.3 Å². The molecule has 7 heteroatoms. The van der Waals surface area contributed by atoms with E-state index < -0.39 is 0 Å². The fraction of sp³-hybridized carbons (Fsp3) is 0.250. The first-order chi connectivity index (χ1) is 14.8. The number of carbonyl (C=O) groups is 2. The SMILES string of the molecule is Cc1ccc(NC(=O)c2c(NC(=O)c3ccc(Cl)cc3Cl)sc3c2CCCC3)cc1C. The van der Waals surface area contributed by atoms with Crippen LogP contribution in [0, 0.1) is 13.8 Å². The highest BCUT2D eigenvalue weighted by Gasteiger charge is 2.27. The van der Waals surface area contributed by atoms with E-state index in [-0.39, 0.29) is 16.8 Å². The van der Waals surface area contributed by atoms with Crippen molar-refractivity contribution in [3.63, 3.8) is 0 Å². The molecule has 2 aromatic carbocycles. The van der Waals surface area contributed by atoms with Crippen LogP contribution in [-0.2, 0) is 12.8 Å². The number of carbonyl (C=O) groups excluding carboxylic acids is 2. The van der Waals surface area contributed by atoms with E-state index in [0.29, 0.717) is 21.2 Å². The first-order valence-electron chi connectivity index (χ1n) is 10.1. The van der Waals surface area contributed by atoms with Crippen molar-refractivity contribution in [3.8, 4) is 0 Å². The van der Waals surface area contributed by atoms with Gasteiger partial charge in [0, 0.05) is 15.6 Å². The smallest absolute Gasteiger partial charge is 0.258 e. The zero-order valence-electron chi connectivity index (χ0n) is 17.3. The third-order valence-electron chi connectivity index (χ3n) is 5.57. The zero-order valence-corrected chi connectivity index (χ0v) is 19.6. The Kier molecular flexibility index (Phi) is 6.37. The van der Waals surface area contributed by atoms with Crippen molar-refractivity contribution < 1.29 is 9.59 Å². The molecule has 0 atom stereocenters. The van der Waals surface area contributed by atoms with E-state index in [0.717, 1.165) is 47.4 Å². The van der Waals surface area contributed by atoms with Crippen LogP contribution in [-0.4, -0.2) is 11.8 Å². The van der Waals surface area contributed by atoms with E-state index in [9.17, 15) is 9.59 Å². The van der Waals surface area contributed by atoms with Crippen molar-refractivity contribution in [2.24, 2.45) is 0 Å². The summed E-state index contributed by atoms with van der Waals surface area (Å²) in [5.74, 6) is -0.569. The maximum atomic E-state index is 13.3. The van der Waals surface area contributed by atoms with E-state index in [4.69, 9.17) is 23.2 Å². The Labute approximate surface area is 195 Å². The van der Waals surface area contributed by atoms with Crippen LogP contribution in [0.5, 0.6) is 0 Å². The second-order valence-electron chi connectivity index (χ2n) is 7.75. The van der Waals surface area contributed by atoms with Gasteiger partial charge in [-0.3, -0.25) is 9.59 Å². The van der Waals surface area contributed by atoms with E-state index >= 15 is 0 Å². The highest BCUT2D eigenvalue weighted by Crippen LogP contribution is 2.39. The molecule has 0 saturated carbocycles. The normalized spacial score (nSPS) is 12.9. The van der Waals surface area contributed by atoms with E-state index in [1.165, 1.54) is 23.0 Å². The van der Waals surface area contributed by atoms with Crippen molar-refractivity contribution in [1.82, 2.24) is 0 Å². The molecule has 2 amide bonds. The number of hydrogen-bond acceptors (Lipinski definition) is 3. The first-order valence-corrected chi connectivity index (χ1v) is 11.7. The zero-order chi connectivity index (χ0) is 22.1. The molecule has 1 aliphatic carbocycles. The standard InChI is InChI=1S/C24H22Cl2N2O2S/c1-13-7-9-16(11-14(13)2)27-23(30)21-18-5-3-4-6-20(18)31-24(21)28-22(29)17-10-8-15(25)12-19(17)26/h7-12H,3-6H2,1-2H3,(H,27,30)(H,28,29). The number of hydrogen-bond donors (Lipinski definition) is 2. The third-order valence-corrected chi connectivity index (χ3v) is 7.32. The van der Waals surface area contributed by atoms with Crippen LogP contribution in [0.2, 0.25) is 10.0 Å². The van der Waals surface area contributed by atoms with Crippen molar-refractivity contribution in [3.05, 3.63) is 79.1 Å². The van der Waals surface area contributed by atoms with Gasteiger partial charge in [-0.05, 0) is 86.6 Å². The summed E-state index contributed by atoms with van der Waals surface area (Å²) in [6.07, 6.45) is 3.87. The summed E-state index contributed by atoms with van der Waals surface area (Å²) in [6.45, 7) is 4.05. The molecule has 0 spiro atoms. The predicted molar refractivity (Wildman–Crippen MR) is 129 cm³/mol. The minimum Gasteiger partial charge on any atom is -0.322 e. The third kappa shape index (κ3) is 4.64. The van der Waals surface area contributed by atoms with E-state index in [1.807, 2.05) is 32.0 Å². The average Bonchev–Trinajstić information content (AvgIpc) is 3.08. The lowest BCUT2D eigenvalue weighted by atomic mass is 9.95. The summed E-state index contributed by atoms with van der Waals surface area (Å²) in [7, 11) is 0. The molecule has 0 fully saturated rings. The number of aryl methyl sites for hydroxylation is 3. The van der Waals surface area contributed by atoms with Crippen LogP contribution in [0.25, 0.3) is 0 Å². The molecule has 2 N–H and O–H groups in total. The largest absolute Gasteiger partial charge is 0.322 e. The Bertz CT molecular complexity index is 1190. The lowest BCUT2D eigenvalue weighted by Gasteiger charge is -2.14. The second kappa shape index (κ2) is 9.03. The Hall–Kier alpha value is -2.34. The summed E-state index contributed by atoms with van der Waals surface area (Å²) in [4.78, 5) is 27.4. The van der Waals surface area contributed by atoms with Crippen LogP contribution >= 0.6 is 34.5 Å². The number of fused-ring (bicyclic) bond motifs is 1. The number of rotatable bonds is 4. The molecule has 0 radical (unpaired) electrons. The number of anilines is 2. The van der Waals surface area contributed by atoms with Gasteiger partial charge in [0.2, 0.25) is 0 Å². The molecule has 0 aliphatic heterocycles. The quantitative estimate of drug-likeness (QED) is 0.426. The number of nitrogens with one attached hydrogen (secondary N) is 2. The van der Waals surface area contributed by atoms with Gasteiger partial charge in [-0.2, -0.15) is 0 Å². The van der Waals surface area contributed by atoms with Crippen LogP contribution in [0.1, 0.15) is 55.1 Å². The molecule has 0 saturated heterocycles. The summed E-state index contributed by atoms with van der Waals surface area (Å²) in [6, 6.07) is 10.6. The summed E-state index contributed by atoms with van der Waals surface area (Å²) in [5.41, 5.74) is 4.92. The van der Waals surface area contributed by atoms with Crippen molar-refractivity contribution in [2.45, 2.75) is 39.5 Å². The molecule has 1 aromatic heterocycles. The molecular formula is C24H22Cl2N2O2S. The Morgan fingerprint density at radius 3 is 2.42 bits per heavy atom. The molecule has 31 heavy (non-hydrogen) atoms. The van der Waals surface area contributed by atoms with Gasteiger partial charge in [0.1, 0.15) is 5.00 Å². The van der Waals surface area contributed by atoms with Gasteiger partial charge >= 0.3 is 0 Å². The first kappa shape index (κ1) is 21.9. The van der Waals surface area contributed by atoms with Gasteiger partial charge in [0.05, 0.1) is 16.1 Å². The lowest BCUT2D eigenvalue weighted by molar-refractivity contribution is 0.102. The van der Waals surface area contributed by atoms with Crippen LogP contribution in [0.4, 0.5) is 10.7 Å². The van der Waals surface area contributed by atoms with Gasteiger partial charge in [0.15, 0.2) is 0 Å². The van der Waals surface area contributed by atoms with Crippen LogP contribution < -0.4 is 10.6 Å².